The van der Waals surface area contributed by atoms with Crippen LogP contribution in [0.3, 0.4) is 0 Å². The number of aromatic hydroxyl groups is 2. The summed E-state index contributed by atoms with van der Waals surface area (Å²) < 4.78 is 7.15. The number of hydrogen-bond donors (Lipinski definition) is 9. The van der Waals surface area contributed by atoms with Crippen molar-refractivity contribution in [1.82, 2.24) is 51.6 Å². The molecule has 0 spiro atoms. The minimum atomic E-state index is -1.74. The van der Waals surface area contributed by atoms with Gasteiger partial charge in [0.2, 0.25) is 29.5 Å². The van der Waals surface area contributed by atoms with Gasteiger partial charge < -0.3 is 56.9 Å². The molecular formula is C64H84N10O12. The highest BCUT2D eigenvalue weighted by Crippen LogP contribution is 2.38. The first-order valence-corrected chi connectivity index (χ1v) is 29.5. The molecule has 462 valence electrons. The fourth-order valence-corrected chi connectivity index (χ4v) is 10.1. The van der Waals surface area contributed by atoms with Crippen LogP contribution in [0.1, 0.15) is 144 Å². The molecule has 4 unspecified atom stereocenters. The fourth-order valence-electron chi connectivity index (χ4n) is 10.1. The molecule has 1 aliphatic heterocycles. The van der Waals surface area contributed by atoms with Gasteiger partial charge in [0.15, 0.2) is 11.6 Å². The topological polar surface area (TPSA) is 313 Å². The quantitative estimate of drug-likeness (QED) is 0.0270. The summed E-state index contributed by atoms with van der Waals surface area (Å²) in [5.41, 5.74) is 1.48. The van der Waals surface area contributed by atoms with Crippen LogP contribution >= 0.6 is 0 Å². The number of phenols is 2. The van der Waals surface area contributed by atoms with Crippen molar-refractivity contribution in [2.75, 3.05) is 26.2 Å². The Morgan fingerprint density at radius 2 is 1.24 bits per heavy atom. The second kappa shape index (κ2) is 30.9. The lowest BCUT2D eigenvalue weighted by Gasteiger charge is -2.31. The highest BCUT2D eigenvalue weighted by molar-refractivity contribution is 5.98. The minimum absolute atomic E-state index is 0.0225. The van der Waals surface area contributed by atoms with Gasteiger partial charge in [-0.2, -0.15) is 0 Å². The number of piperidine rings is 1. The van der Waals surface area contributed by atoms with Crippen LogP contribution in [0.4, 0.5) is 4.79 Å². The van der Waals surface area contributed by atoms with Gasteiger partial charge in [0.1, 0.15) is 41.3 Å². The Morgan fingerprint density at radius 3 is 1.84 bits per heavy atom. The third-order valence-electron chi connectivity index (χ3n) is 14.6. The van der Waals surface area contributed by atoms with Gasteiger partial charge in [0.05, 0.1) is 11.6 Å². The molecule has 7 amide bonds. The summed E-state index contributed by atoms with van der Waals surface area (Å²) >= 11 is 0. The van der Waals surface area contributed by atoms with E-state index in [1.807, 2.05) is 77.9 Å². The van der Waals surface area contributed by atoms with Crippen LogP contribution in [0.2, 0.25) is 0 Å². The Hall–Kier alpha value is -8.66. The monoisotopic (exact) mass is 1180 g/mol. The number of Topliss-reactive ketones (excluding diaryl/α,β-unsaturated/α-hetero) is 1. The molecule has 0 bridgehead atoms. The molecule has 5 aromatic rings. The molecule has 1 aromatic heterocycles. The lowest BCUT2D eigenvalue weighted by Crippen LogP contribution is -2.59. The van der Waals surface area contributed by atoms with E-state index in [1.54, 1.807) is 66.4 Å². The largest absolute Gasteiger partial charge is 0.508 e. The fraction of sp³-hybridized carbons (Fsp3) is 0.469. The van der Waals surface area contributed by atoms with Crippen molar-refractivity contribution in [2.45, 2.75) is 155 Å². The summed E-state index contributed by atoms with van der Waals surface area (Å²) in [6.45, 7) is 16.5. The summed E-state index contributed by atoms with van der Waals surface area (Å²) in [6, 6.07) is 23.2. The van der Waals surface area contributed by atoms with Gasteiger partial charge >= 0.3 is 6.09 Å². The number of carbonyl (C=O) groups excluding carboxylic acids is 8. The van der Waals surface area contributed by atoms with E-state index in [0.717, 1.165) is 11.1 Å². The van der Waals surface area contributed by atoms with Crippen molar-refractivity contribution in [1.29, 1.82) is 0 Å². The second-order valence-corrected chi connectivity index (χ2v) is 23.4. The van der Waals surface area contributed by atoms with Gasteiger partial charge in [-0.25, -0.2) is 4.79 Å². The Balaban J connectivity index is 1.05. The Morgan fingerprint density at radius 1 is 0.674 bits per heavy atom. The van der Waals surface area contributed by atoms with Crippen LogP contribution in [-0.4, -0.2) is 144 Å². The number of aromatic nitrogens is 3. The molecule has 1 aliphatic rings. The van der Waals surface area contributed by atoms with Crippen molar-refractivity contribution in [3.63, 3.8) is 0 Å². The number of likely N-dealkylation sites (tertiary alicyclic amines) is 1. The number of phenolic OH excluding ortho intramolecular Hbond substituents is 2. The first kappa shape index (κ1) is 66.5. The predicted molar refractivity (Wildman–Crippen MR) is 323 cm³/mol. The van der Waals surface area contributed by atoms with Crippen molar-refractivity contribution in [2.24, 2.45) is 11.8 Å². The first-order chi connectivity index (χ1) is 40.8. The van der Waals surface area contributed by atoms with Crippen LogP contribution in [0.5, 0.6) is 11.5 Å². The zero-order chi connectivity index (χ0) is 62.8. The number of rotatable bonds is 28. The number of carbonyl (C=O) groups is 8. The third-order valence-corrected chi connectivity index (χ3v) is 14.6. The number of aryl methyl sites for hydroxylation is 1. The molecule has 22 heteroatoms. The summed E-state index contributed by atoms with van der Waals surface area (Å²) in [6.07, 6.45) is 0.177. The molecule has 4 aromatic carbocycles. The normalized spacial score (nSPS) is 14.2. The number of nitrogens with zero attached hydrogens (tertiary/aromatic N) is 4. The van der Waals surface area contributed by atoms with E-state index in [9.17, 15) is 53.7 Å². The van der Waals surface area contributed by atoms with E-state index in [-0.39, 0.29) is 104 Å². The zero-order valence-corrected chi connectivity index (χ0v) is 50.6. The average Bonchev–Trinajstić information content (AvgIpc) is 1.69. The predicted octanol–water partition coefficient (Wildman–Crippen LogP) is 6.19. The van der Waals surface area contributed by atoms with Gasteiger partial charge in [-0.3, -0.25) is 38.1 Å². The minimum Gasteiger partial charge on any atom is -0.508 e. The molecule has 6 rings (SSSR count). The summed E-state index contributed by atoms with van der Waals surface area (Å²) in [5.74, 6) is -4.33. The van der Waals surface area contributed by atoms with Crippen molar-refractivity contribution in [3.05, 3.63) is 125 Å². The summed E-state index contributed by atoms with van der Waals surface area (Å²) in [7, 11) is 0. The zero-order valence-electron chi connectivity index (χ0n) is 50.6. The lowest BCUT2D eigenvalue weighted by molar-refractivity contribution is -0.140. The molecule has 1 fully saturated rings. The number of hydrogen-bond acceptors (Lipinski definition) is 14. The summed E-state index contributed by atoms with van der Waals surface area (Å²) in [5, 5.41) is 57.0. The first-order valence-electron chi connectivity index (χ1n) is 29.5. The van der Waals surface area contributed by atoms with E-state index in [0.29, 0.717) is 42.6 Å². The van der Waals surface area contributed by atoms with Crippen LogP contribution in [-0.2, 0) is 41.6 Å². The maximum Gasteiger partial charge on any atom is 0.407 e. The molecule has 2 heterocycles. The molecule has 9 N–H and O–H groups in total. The van der Waals surface area contributed by atoms with Crippen molar-refractivity contribution < 1.29 is 58.4 Å². The SMILES string of the molecule is CCNC(=O)c1nnc(-c2cc(C(C)C)c(O)cc2O)n1-c1ccc(C(=O)N2CCC(OC(=O)NCCC(=O)NC(CCc3ccccc3)C(=O)NC(CC(C)C)C(=O)NC(Cc3ccccc3)C(=O)NC(CC(C)C)C(=O)C(C)(C)O)CC2)cc1. The number of aliphatic hydroxyl groups is 1. The Labute approximate surface area is 502 Å². The van der Waals surface area contributed by atoms with Crippen LogP contribution < -0.4 is 31.9 Å². The number of ketones is 1. The molecule has 0 radical (unpaired) electrons. The Bertz CT molecular complexity index is 3130. The molecule has 4 atom stereocenters. The van der Waals surface area contributed by atoms with Crippen LogP contribution in [0.15, 0.2) is 97.1 Å². The highest BCUT2D eigenvalue weighted by atomic mass is 16.6. The van der Waals surface area contributed by atoms with Gasteiger partial charge in [0, 0.05) is 69.2 Å². The van der Waals surface area contributed by atoms with Crippen molar-refractivity contribution >= 4 is 47.3 Å². The highest BCUT2D eigenvalue weighted by Gasteiger charge is 2.37. The van der Waals surface area contributed by atoms with Crippen LogP contribution in [0.25, 0.3) is 17.1 Å². The lowest BCUT2D eigenvalue weighted by atomic mass is 9.91. The number of benzene rings is 4. The molecule has 0 aliphatic carbocycles. The smallest absolute Gasteiger partial charge is 0.407 e. The van der Waals surface area contributed by atoms with E-state index in [1.165, 1.54) is 24.5 Å². The third kappa shape index (κ3) is 18.9. The molecule has 1 saturated heterocycles. The maximum absolute atomic E-state index is 14.3. The molecule has 86 heavy (non-hydrogen) atoms. The van der Waals surface area contributed by atoms with Gasteiger partial charge in [0.25, 0.3) is 11.8 Å². The van der Waals surface area contributed by atoms with E-state index in [2.05, 4.69) is 42.1 Å². The number of amides is 7. The second-order valence-electron chi connectivity index (χ2n) is 23.4. The summed E-state index contributed by atoms with van der Waals surface area (Å²) in [4.78, 5) is 111. The Kier molecular flexibility index (Phi) is 23.9. The maximum atomic E-state index is 14.3. The molecule has 22 nitrogen and oxygen atoms in total. The molecular weight excluding hydrogens is 1100 g/mol. The number of nitrogens with one attached hydrogen (secondary N) is 6. The van der Waals surface area contributed by atoms with Crippen LogP contribution in [0, 0.1) is 11.8 Å². The van der Waals surface area contributed by atoms with Crippen molar-refractivity contribution in [3.8, 4) is 28.6 Å². The van der Waals surface area contributed by atoms with E-state index in [4.69, 9.17) is 4.74 Å². The number of alkyl carbamates (subject to hydrolysis) is 1. The number of ether oxygens (including phenoxy) is 1. The van der Waals surface area contributed by atoms with E-state index < -0.39 is 77.3 Å². The standard InChI is InChI=1S/C64H84N10O12/c1-10-65-61(82)57-72-71-56(47-36-46(40(6)7)52(75)37-53(47)76)74(57)44-24-22-43(23-25-44)62(83)73-31-28-45(29-32-73)86-63(84)66-30-27-54(77)67-48(26-21-41-17-13-11-14-18-41)58(79)69-50(34-39(4)5)59(80)70-51(35-42-19-15-12-16-20-42)60(81)68-49(33-38(2)3)55(78)64(8,9)85/h11-20,22-25,36-40,45,48-51,75-76,85H,10,21,26-35H2,1-9H3,(H,65,82)(H,66,84)(H,67,77)(H,68,81)(H,69,79)(H,70,80). The molecule has 0 saturated carbocycles. The van der Waals surface area contributed by atoms with Gasteiger partial charge in [-0.1, -0.05) is 102 Å². The van der Waals surface area contributed by atoms with E-state index >= 15 is 0 Å². The van der Waals surface area contributed by atoms with Gasteiger partial charge in [-0.05, 0) is 111 Å². The average molecular weight is 1190 g/mol. The van der Waals surface area contributed by atoms with Gasteiger partial charge in [-0.15, -0.1) is 10.2 Å².